The van der Waals surface area contributed by atoms with Gasteiger partial charge in [0.2, 0.25) is 0 Å². The van der Waals surface area contributed by atoms with Gasteiger partial charge in [0.15, 0.2) is 5.78 Å². The van der Waals surface area contributed by atoms with Crippen molar-refractivity contribution in [2.45, 2.75) is 31.9 Å². The van der Waals surface area contributed by atoms with E-state index in [0.717, 1.165) is 36.2 Å². The van der Waals surface area contributed by atoms with Crippen LogP contribution in [0.2, 0.25) is 0 Å². The van der Waals surface area contributed by atoms with Crippen molar-refractivity contribution in [1.29, 1.82) is 0 Å². The number of fused-ring (bicyclic) bond motifs is 2. The van der Waals surface area contributed by atoms with Crippen molar-refractivity contribution in [3.05, 3.63) is 65.7 Å². The number of Topliss-reactive ketones (excluding diaryl/α,β-unsaturated/α-hetero) is 1. The monoisotopic (exact) mass is 433 g/mol. The first-order valence-corrected chi connectivity index (χ1v) is 11.2. The summed E-state index contributed by atoms with van der Waals surface area (Å²) in [6.45, 7) is 2.36. The van der Waals surface area contributed by atoms with Crippen molar-refractivity contribution >= 4 is 22.5 Å². The molecule has 1 aromatic heterocycles. The molecule has 1 aliphatic heterocycles. The second-order valence-electron chi connectivity index (χ2n) is 8.67. The lowest BCUT2D eigenvalue weighted by molar-refractivity contribution is -0.121. The summed E-state index contributed by atoms with van der Waals surface area (Å²) < 4.78 is 5.81. The van der Waals surface area contributed by atoms with Crippen LogP contribution in [0, 0.1) is 0 Å². The molecule has 0 spiro atoms. The highest BCUT2D eigenvalue weighted by Crippen LogP contribution is 2.26. The lowest BCUT2D eigenvalue weighted by Crippen LogP contribution is -2.36. The van der Waals surface area contributed by atoms with Gasteiger partial charge < -0.3 is 14.7 Å². The number of anilines is 1. The average molecular weight is 434 g/mol. The van der Waals surface area contributed by atoms with Gasteiger partial charge in [-0.25, -0.2) is 4.98 Å². The Bertz CT molecular complexity index is 1080. The molecule has 0 unspecified atom stereocenters. The van der Waals surface area contributed by atoms with Crippen LogP contribution >= 0.6 is 0 Å². The number of hydrogen-bond acceptors (Lipinski definition) is 6. The number of carbonyl (C=O) groups excluding carboxylic acids is 1. The van der Waals surface area contributed by atoms with E-state index in [1.165, 1.54) is 11.1 Å². The predicted octanol–water partition coefficient (Wildman–Crippen LogP) is 3.45. The van der Waals surface area contributed by atoms with Crippen molar-refractivity contribution in [3.63, 3.8) is 0 Å². The van der Waals surface area contributed by atoms with E-state index in [9.17, 15) is 9.90 Å². The van der Waals surface area contributed by atoms with Crippen molar-refractivity contribution in [3.8, 4) is 5.75 Å². The van der Waals surface area contributed by atoms with Gasteiger partial charge in [-0.3, -0.25) is 9.69 Å². The maximum Gasteiger partial charge on any atom is 0.170 e. The summed E-state index contributed by atoms with van der Waals surface area (Å²) in [6, 6.07) is 18.1. The van der Waals surface area contributed by atoms with Crippen LogP contribution in [0.5, 0.6) is 5.75 Å². The third-order valence-electron chi connectivity index (χ3n) is 5.95. The minimum absolute atomic E-state index is 0.0171. The molecule has 1 atom stereocenters. The predicted molar refractivity (Wildman–Crippen MR) is 127 cm³/mol. The van der Waals surface area contributed by atoms with Crippen LogP contribution in [-0.2, 0) is 17.8 Å². The Morgan fingerprint density at radius 1 is 1.12 bits per heavy atom. The second-order valence-corrected chi connectivity index (χ2v) is 8.67. The minimum atomic E-state index is -0.522. The number of carbonyl (C=O) groups is 1. The number of ether oxygens (including phenoxy) is 1. The van der Waals surface area contributed by atoms with Gasteiger partial charge in [-0.2, -0.15) is 0 Å². The normalized spacial score (nSPS) is 14.7. The summed E-state index contributed by atoms with van der Waals surface area (Å²) in [5.74, 6) is 1.42. The van der Waals surface area contributed by atoms with Gasteiger partial charge >= 0.3 is 0 Å². The number of rotatable bonds is 9. The number of ketones is 1. The van der Waals surface area contributed by atoms with E-state index in [2.05, 4.69) is 34.1 Å². The molecule has 1 aliphatic rings. The summed E-state index contributed by atoms with van der Waals surface area (Å²) >= 11 is 0. The molecule has 6 nitrogen and oxygen atoms in total. The number of aliphatic hydroxyl groups is 1. The SMILES string of the molecule is CN(C)c1ccc2cccc(OCC(=O)CC[C@@H](O)CN3CCc4ccccc4C3)c2n1. The summed E-state index contributed by atoms with van der Waals surface area (Å²) in [4.78, 5) is 21.3. The van der Waals surface area contributed by atoms with Crippen LogP contribution in [0.3, 0.4) is 0 Å². The van der Waals surface area contributed by atoms with Gasteiger partial charge in [0.05, 0.1) is 6.10 Å². The van der Waals surface area contributed by atoms with E-state index in [4.69, 9.17) is 4.74 Å². The topological polar surface area (TPSA) is 65.9 Å². The van der Waals surface area contributed by atoms with Crippen molar-refractivity contribution in [2.24, 2.45) is 0 Å². The standard InChI is InChI=1S/C26H31N3O3/c1-28(2)25-13-10-20-8-5-9-24(26(20)27-25)32-18-23(31)12-11-22(30)17-29-15-14-19-6-3-4-7-21(19)16-29/h3-10,13,22,30H,11-12,14-18H2,1-2H3/t22-/m1/s1. The summed E-state index contributed by atoms with van der Waals surface area (Å²) in [5, 5.41) is 11.4. The Kier molecular flexibility index (Phi) is 7.02. The van der Waals surface area contributed by atoms with Crippen molar-refractivity contribution in [1.82, 2.24) is 9.88 Å². The molecule has 0 bridgehead atoms. The van der Waals surface area contributed by atoms with E-state index in [-0.39, 0.29) is 12.4 Å². The highest BCUT2D eigenvalue weighted by Gasteiger charge is 2.19. The van der Waals surface area contributed by atoms with Gasteiger partial charge in [0.1, 0.15) is 23.7 Å². The molecule has 6 heteroatoms. The first kappa shape index (κ1) is 22.2. The quantitative estimate of drug-likeness (QED) is 0.558. The minimum Gasteiger partial charge on any atom is -0.484 e. The van der Waals surface area contributed by atoms with Gasteiger partial charge in [-0.05, 0) is 42.2 Å². The largest absolute Gasteiger partial charge is 0.484 e. The van der Waals surface area contributed by atoms with E-state index in [1.54, 1.807) is 0 Å². The number of aliphatic hydroxyl groups excluding tert-OH is 1. The molecule has 0 fully saturated rings. The summed E-state index contributed by atoms with van der Waals surface area (Å²) in [7, 11) is 3.88. The van der Waals surface area contributed by atoms with Gasteiger partial charge in [-0.1, -0.05) is 36.4 Å². The highest BCUT2D eigenvalue weighted by atomic mass is 16.5. The van der Waals surface area contributed by atoms with Crippen LogP contribution in [0.1, 0.15) is 24.0 Å². The molecular weight excluding hydrogens is 402 g/mol. The number of hydrogen-bond donors (Lipinski definition) is 1. The Balaban J connectivity index is 1.26. The van der Waals surface area contributed by atoms with Crippen LogP contribution < -0.4 is 9.64 Å². The Hall–Kier alpha value is -2.96. The Labute approximate surface area is 189 Å². The second kappa shape index (κ2) is 10.1. The van der Waals surface area contributed by atoms with Crippen LogP contribution in [0.15, 0.2) is 54.6 Å². The molecule has 4 rings (SSSR count). The molecule has 0 radical (unpaired) electrons. The molecule has 0 saturated heterocycles. The van der Waals surface area contributed by atoms with Gasteiger partial charge in [-0.15, -0.1) is 0 Å². The fourth-order valence-corrected chi connectivity index (χ4v) is 4.13. The summed E-state index contributed by atoms with van der Waals surface area (Å²) in [5.41, 5.74) is 3.47. The van der Waals surface area contributed by atoms with E-state index in [1.807, 2.05) is 49.3 Å². The molecule has 2 heterocycles. The zero-order chi connectivity index (χ0) is 22.5. The zero-order valence-electron chi connectivity index (χ0n) is 18.8. The van der Waals surface area contributed by atoms with Gasteiger partial charge in [0, 0.05) is 45.5 Å². The molecule has 0 aliphatic carbocycles. The fourth-order valence-electron chi connectivity index (χ4n) is 4.13. The lowest BCUT2D eigenvalue weighted by Gasteiger charge is -2.30. The number of pyridine rings is 1. The Morgan fingerprint density at radius 2 is 1.94 bits per heavy atom. The smallest absolute Gasteiger partial charge is 0.170 e. The highest BCUT2D eigenvalue weighted by molar-refractivity contribution is 5.86. The zero-order valence-corrected chi connectivity index (χ0v) is 18.8. The van der Waals surface area contributed by atoms with Crippen LogP contribution in [-0.4, -0.2) is 60.7 Å². The van der Waals surface area contributed by atoms with Gasteiger partial charge in [0.25, 0.3) is 0 Å². The summed E-state index contributed by atoms with van der Waals surface area (Å²) in [6.07, 6.45) is 1.22. The first-order valence-electron chi connectivity index (χ1n) is 11.2. The maximum atomic E-state index is 12.4. The van der Waals surface area contributed by atoms with Crippen LogP contribution in [0.25, 0.3) is 10.9 Å². The molecule has 0 amide bonds. The molecule has 32 heavy (non-hydrogen) atoms. The molecule has 168 valence electrons. The molecule has 3 aromatic rings. The van der Waals surface area contributed by atoms with E-state index < -0.39 is 6.10 Å². The van der Waals surface area contributed by atoms with Crippen molar-refractivity contribution < 1.29 is 14.6 Å². The number of aromatic nitrogens is 1. The first-order chi connectivity index (χ1) is 15.5. The average Bonchev–Trinajstić information content (AvgIpc) is 2.81. The number of nitrogens with zero attached hydrogens (tertiary/aromatic N) is 3. The van der Waals surface area contributed by atoms with Crippen LogP contribution in [0.4, 0.5) is 5.82 Å². The maximum absolute atomic E-state index is 12.4. The van der Waals surface area contributed by atoms with E-state index in [0.29, 0.717) is 25.1 Å². The lowest BCUT2D eigenvalue weighted by atomic mass is 9.99. The molecule has 2 aromatic carbocycles. The number of para-hydroxylation sites is 1. The van der Waals surface area contributed by atoms with E-state index >= 15 is 0 Å². The third-order valence-corrected chi connectivity index (χ3v) is 5.95. The Morgan fingerprint density at radius 3 is 2.75 bits per heavy atom. The molecular formula is C26H31N3O3. The molecule has 1 N–H and O–H groups in total. The molecule has 0 saturated carbocycles. The third kappa shape index (κ3) is 5.44. The number of benzene rings is 2. The van der Waals surface area contributed by atoms with Crippen molar-refractivity contribution in [2.75, 3.05) is 38.7 Å². The number of β-amino-alcohol motifs (C(OH)–C–C–N with tert-alkyl or cyclic N) is 1. The fraction of sp³-hybridized carbons (Fsp3) is 0.385.